The van der Waals surface area contributed by atoms with Crippen molar-refractivity contribution in [3.05, 3.63) is 70.1 Å². The lowest BCUT2D eigenvalue weighted by Gasteiger charge is -2.16. The fourth-order valence-corrected chi connectivity index (χ4v) is 3.61. The molecule has 1 amide bonds. The van der Waals surface area contributed by atoms with E-state index in [1.54, 1.807) is 23.5 Å². The van der Waals surface area contributed by atoms with E-state index >= 15 is 0 Å². The number of nitrogens with zero attached hydrogens (tertiary/aromatic N) is 2. The van der Waals surface area contributed by atoms with Crippen molar-refractivity contribution in [3.8, 4) is 11.3 Å². The summed E-state index contributed by atoms with van der Waals surface area (Å²) in [6.45, 7) is 0.757. The average molecular weight is 430 g/mol. The maximum Gasteiger partial charge on any atom is 0.305 e. The Kier molecular flexibility index (Phi) is 6.85. The van der Waals surface area contributed by atoms with E-state index in [2.05, 4.69) is 10.3 Å². The molecule has 0 fully saturated rings. The van der Waals surface area contributed by atoms with Gasteiger partial charge in [-0.15, -0.1) is 11.3 Å². The summed E-state index contributed by atoms with van der Waals surface area (Å²) in [7, 11) is 1.97. The Hall–Kier alpha value is -2.90. The summed E-state index contributed by atoms with van der Waals surface area (Å²) in [5, 5.41) is 14.8. The number of carbonyl (C=O) groups excluding carboxylic acids is 1. The van der Waals surface area contributed by atoms with Crippen molar-refractivity contribution in [2.45, 2.75) is 13.0 Å². The second-order valence-corrected chi connectivity index (χ2v) is 7.75. The first kappa shape index (κ1) is 20.8. The van der Waals surface area contributed by atoms with Gasteiger partial charge in [-0.1, -0.05) is 35.9 Å². The highest BCUT2D eigenvalue weighted by atomic mass is 35.5. The van der Waals surface area contributed by atoms with Gasteiger partial charge < -0.3 is 15.3 Å². The van der Waals surface area contributed by atoms with Crippen LogP contribution >= 0.6 is 22.9 Å². The van der Waals surface area contributed by atoms with Crippen LogP contribution in [0.2, 0.25) is 5.02 Å². The van der Waals surface area contributed by atoms with Gasteiger partial charge in [-0.3, -0.25) is 9.59 Å². The lowest BCUT2D eigenvalue weighted by molar-refractivity contribution is -0.136. The number of benzene rings is 2. The van der Waals surface area contributed by atoms with Crippen molar-refractivity contribution in [1.82, 2.24) is 10.3 Å². The Morgan fingerprint density at radius 3 is 2.48 bits per heavy atom. The average Bonchev–Trinajstić information content (AvgIpc) is 3.19. The molecule has 0 saturated heterocycles. The van der Waals surface area contributed by atoms with Crippen LogP contribution in [0.4, 0.5) is 5.13 Å². The molecule has 0 unspecified atom stereocenters. The first-order valence-electron chi connectivity index (χ1n) is 8.94. The van der Waals surface area contributed by atoms with Gasteiger partial charge in [-0.2, -0.15) is 0 Å². The topological polar surface area (TPSA) is 82.5 Å². The number of rotatable bonds is 8. The van der Waals surface area contributed by atoms with Gasteiger partial charge in [0.1, 0.15) is 0 Å². The summed E-state index contributed by atoms with van der Waals surface area (Å²) in [4.78, 5) is 29.3. The Bertz CT molecular complexity index is 987. The molecule has 3 rings (SSSR count). The minimum absolute atomic E-state index is 0.0968. The normalized spacial score (nSPS) is 10.6. The van der Waals surface area contributed by atoms with Crippen molar-refractivity contribution in [2.75, 3.05) is 18.5 Å². The van der Waals surface area contributed by atoms with Gasteiger partial charge in [0.2, 0.25) is 0 Å². The second kappa shape index (κ2) is 9.54. The van der Waals surface area contributed by atoms with Crippen molar-refractivity contribution in [1.29, 1.82) is 0 Å². The molecule has 1 heterocycles. The van der Waals surface area contributed by atoms with Crippen LogP contribution < -0.4 is 10.2 Å². The monoisotopic (exact) mass is 429 g/mol. The number of aliphatic carboxylic acids is 1. The summed E-state index contributed by atoms with van der Waals surface area (Å²) >= 11 is 7.50. The molecule has 0 aliphatic heterocycles. The van der Waals surface area contributed by atoms with E-state index in [0.29, 0.717) is 17.1 Å². The number of carboxylic acid groups (broad SMARTS) is 1. The van der Waals surface area contributed by atoms with Crippen LogP contribution in [0, 0.1) is 0 Å². The van der Waals surface area contributed by atoms with E-state index in [0.717, 1.165) is 22.0 Å². The van der Waals surface area contributed by atoms with Crippen LogP contribution in [-0.4, -0.2) is 35.6 Å². The molecule has 0 aliphatic rings. The maximum atomic E-state index is 12.0. The van der Waals surface area contributed by atoms with Gasteiger partial charge in [0, 0.05) is 41.7 Å². The van der Waals surface area contributed by atoms with Crippen LogP contribution in [0.3, 0.4) is 0 Å². The number of halogens is 1. The van der Waals surface area contributed by atoms with Gasteiger partial charge in [0.25, 0.3) is 5.91 Å². The van der Waals surface area contributed by atoms with E-state index in [1.165, 1.54) is 0 Å². The molecule has 8 heteroatoms. The molecule has 0 atom stereocenters. The number of carboxylic acids is 1. The summed E-state index contributed by atoms with van der Waals surface area (Å²) in [5.74, 6) is -1.22. The molecule has 1 aromatic heterocycles. The van der Waals surface area contributed by atoms with Crippen LogP contribution in [0.1, 0.15) is 22.3 Å². The van der Waals surface area contributed by atoms with Crippen molar-refractivity contribution in [2.24, 2.45) is 0 Å². The summed E-state index contributed by atoms with van der Waals surface area (Å²) in [6, 6.07) is 14.8. The van der Waals surface area contributed by atoms with Crippen LogP contribution in [-0.2, 0) is 11.3 Å². The van der Waals surface area contributed by atoms with E-state index in [-0.39, 0.29) is 18.9 Å². The molecular weight excluding hydrogens is 410 g/mol. The van der Waals surface area contributed by atoms with Crippen LogP contribution in [0.5, 0.6) is 0 Å². The number of nitrogens with one attached hydrogen (secondary N) is 1. The van der Waals surface area contributed by atoms with Gasteiger partial charge >= 0.3 is 5.97 Å². The van der Waals surface area contributed by atoms with E-state index < -0.39 is 5.97 Å². The van der Waals surface area contributed by atoms with Crippen molar-refractivity contribution < 1.29 is 14.7 Å². The zero-order chi connectivity index (χ0) is 20.8. The first-order chi connectivity index (χ1) is 13.9. The second-order valence-electron chi connectivity index (χ2n) is 6.47. The Morgan fingerprint density at radius 1 is 1.14 bits per heavy atom. The predicted octanol–water partition coefficient (Wildman–Crippen LogP) is 4.30. The third kappa shape index (κ3) is 5.79. The molecule has 6 nitrogen and oxygen atoms in total. The van der Waals surface area contributed by atoms with Crippen molar-refractivity contribution >= 4 is 39.9 Å². The fraction of sp³-hybridized carbons (Fsp3) is 0.190. The van der Waals surface area contributed by atoms with E-state index in [1.807, 2.05) is 53.7 Å². The largest absolute Gasteiger partial charge is 0.481 e. The standard InChI is InChI=1S/C21H20ClN3O3S/c1-25(21-24-18(13-29-21)15-6-8-17(22)9-7-15)12-14-2-4-16(5-3-14)20(28)23-11-10-19(26)27/h2-9,13H,10-12H2,1H3,(H,23,28)(H,26,27). The molecule has 0 spiro atoms. The Labute approximate surface area is 177 Å². The zero-order valence-corrected chi connectivity index (χ0v) is 17.3. The van der Waals surface area contributed by atoms with Gasteiger partial charge in [-0.05, 0) is 29.8 Å². The van der Waals surface area contributed by atoms with Crippen LogP contribution in [0.15, 0.2) is 53.9 Å². The number of carbonyl (C=O) groups is 2. The molecule has 0 radical (unpaired) electrons. The number of hydrogen-bond acceptors (Lipinski definition) is 5. The number of aromatic nitrogens is 1. The molecule has 150 valence electrons. The molecular formula is C21H20ClN3O3S. The fourth-order valence-electron chi connectivity index (χ4n) is 2.68. The molecule has 3 aromatic rings. The molecule has 0 saturated carbocycles. The highest BCUT2D eigenvalue weighted by molar-refractivity contribution is 7.14. The van der Waals surface area contributed by atoms with Gasteiger partial charge in [0.15, 0.2) is 5.13 Å². The number of thiazole rings is 1. The van der Waals surface area contributed by atoms with Crippen LogP contribution in [0.25, 0.3) is 11.3 Å². The summed E-state index contributed by atoms with van der Waals surface area (Å²) in [5.41, 5.74) is 3.46. The lowest BCUT2D eigenvalue weighted by Crippen LogP contribution is -2.26. The highest BCUT2D eigenvalue weighted by Gasteiger charge is 2.11. The van der Waals surface area contributed by atoms with Gasteiger partial charge in [0.05, 0.1) is 12.1 Å². The minimum atomic E-state index is -0.940. The predicted molar refractivity (Wildman–Crippen MR) is 116 cm³/mol. The molecule has 0 bridgehead atoms. The zero-order valence-electron chi connectivity index (χ0n) is 15.8. The number of hydrogen-bond donors (Lipinski definition) is 2. The molecule has 0 aliphatic carbocycles. The lowest BCUT2D eigenvalue weighted by atomic mass is 10.1. The number of amides is 1. The highest BCUT2D eigenvalue weighted by Crippen LogP contribution is 2.28. The molecule has 2 aromatic carbocycles. The quantitative estimate of drug-likeness (QED) is 0.557. The van der Waals surface area contributed by atoms with Gasteiger partial charge in [-0.25, -0.2) is 4.98 Å². The number of anilines is 1. The third-order valence-corrected chi connectivity index (χ3v) is 5.43. The Balaban J connectivity index is 1.59. The molecule has 2 N–H and O–H groups in total. The van der Waals surface area contributed by atoms with E-state index in [9.17, 15) is 9.59 Å². The SMILES string of the molecule is CN(Cc1ccc(C(=O)NCCC(=O)O)cc1)c1nc(-c2ccc(Cl)cc2)cs1. The summed E-state index contributed by atoms with van der Waals surface area (Å²) < 4.78 is 0. The Morgan fingerprint density at radius 2 is 1.83 bits per heavy atom. The smallest absolute Gasteiger partial charge is 0.305 e. The maximum absolute atomic E-state index is 12.0. The third-order valence-electron chi connectivity index (χ3n) is 4.22. The first-order valence-corrected chi connectivity index (χ1v) is 10.2. The van der Waals surface area contributed by atoms with E-state index in [4.69, 9.17) is 16.7 Å². The summed E-state index contributed by atoms with van der Waals surface area (Å²) in [6.07, 6.45) is -0.0968. The minimum Gasteiger partial charge on any atom is -0.481 e. The van der Waals surface area contributed by atoms with Crippen molar-refractivity contribution in [3.63, 3.8) is 0 Å². The molecule has 29 heavy (non-hydrogen) atoms.